The Morgan fingerprint density at radius 2 is 1.79 bits per heavy atom. The Kier molecular flexibility index (Phi) is 8.77. The molecule has 1 aromatic carbocycles. The molecule has 1 atom stereocenters. The van der Waals surface area contributed by atoms with Gasteiger partial charge in [-0.3, -0.25) is 14.4 Å². The quantitative estimate of drug-likeness (QED) is 0.557. The number of benzene rings is 1. The molecule has 0 saturated heterocycles. The Bertz CT molecular complexity index is 967. The molecule has 0 radical (unpaired) electrons. The van der Waals surface area contributed by atoms with Crippen molar-refractivity contribution in [3.05, 3.63) is 47.2 Å². The second-order valence-corrected chi connectivity index (χ2v) is 10.6. The zero-order valence-electron chi connectivity index (χ0n) is 20.0. The molecule has 9 heteroatoms. The van der Waals surface area contributed by atoms with Crippen molar-refractivity contribution in [3.8, 4) is 0 Å². The maximum atomic E-state index is 13.7. The summed E-state index contributed by atoms with van der Waals surface area (Å²) in [4.78, 5) is 45.1. The van der Waals surface area contributed by atoms with E-state index in [2.05, 4.69) is 15.6 Å². The van der Waals surface area contributed by atoms with E-state index in [4.69, 9.17) is 0 Å². The first-order valence-electron chi connectivity index (χ1n) is 11.7. The van der Waals surface area contributed by atoms with E-state index < -0.39 is 17.4 Å². The molecular weight excluding hydrogens is 455 g/mol. The van der Waals surface area contributed by atoms with Crippen molar-refractivity contribution < 1.29 is 18.8 Å². The number of nitrogens with one attached hydrogen (secondary N) is 2. The molecule has 7 nitrogen and oxygen atoms in total. The fourth-order valence-corrected chi connectivity index (χ4v) is 4.80. The largest absolute Gasteiger partial charge is 0.349 e. The van der Waals surface area contributed by atoms with Gasteiger partial charge >= 0.3 is 0 Å². The third kappa shape index (κ3) is 7.35. The number of carbonyl (C=O) groups excluding carboxylic acids is 3. The van der Waals surface area contributed by atoms with E-state index in [0.717, 1.165) is 32.1 Å². The van der Waals surface area contributed by atoms with Crippen molar-refractivity contribution in [2.24, 2.45) is 0 Å². The van der Waals surface area contributed by atoms with Gasteiger partial charge in [0, 0.05) is 36.0 Å². The molecule has 3 amide bonds. The monoisotopic (exact) mass is 488 g/mol. The van der Waals surface area contributed by atoms with Crippen molar-refractivity contribution in [1.82, 2.24) is 15.2 Å². The van der Waals surface area contributed by atoms with Gasteiger partial charge in [0.2, 0.25) is 17.7 Å². The van der Waals surface area contributed by atoms with Crippen LogP contribution in [0.1, 0.15) is 77.3 Å². The highest BCUT2D eigenvalue weighted by molar-refractivity contribution is 7.13. The van der Waals surface area contributed by atoms with Crippen LogP contribution < -0.4 is 10.6 Å². The minimum atomic E-state index is -0.905. The van der Waals surface area contributed by atoms with Crippen molar-refractivity contribution in [3.63, 3.8) is 0 Å². The molecule has 1 aromatic heterocycles. The smallest absolute Gasteiger partial charge is 0.247 e. The lowest BCUT2D eigenvalue weighted by Gasteiger charge is -2.40. The van der Waals surface area contributed by atoms with Gasteiger partial charge in [-0.05, 0) is 51.3 Å². The Morgan fingerprint density at radius 1 is 1.12 bits per heavy atom. The van der Waals surface area contributed by atoms with Crippen LogP contribution in [0.5, 0.6) is 0 Å². The second-order valence-electron chi connectivity index (χ2n) is 9.67. The van der Waals surface area contributed by atoms with Crippen LogP contribution in [-0.4, -0.2) is 39.2 Å². The van der Waals surface area contributed by atoms with Gasteiger partial charge in [0.15, 0.2) is 5.13 Å². The lowest BCUT2D eigenvalue weighted by molar-refractivity contribution is -0.145. The highest BCUT2D eigenvalue weighted by Gasteiger charge is 2.37. The van der Waals surface area contributed by atoms with Crippen molar-refractivity contribution in [2.75, 3.05) is 5.32 Å². The molecule has 184 valence electrons. The normalized spacial score (nSPS) is 15.4. The summed E-state index contributed by atoms with van der Waals surface area (Å²) >= 11 is 1.31. The van der Waals surface area contributed by atoms with Crippen LogP contribution in [0, 0.1) is 5.82 Å². The predicted octanol–water partition coefficient (Wildman–Crippen LogP) is 4.82. The third-order valence-corrected chi connectivity index (χ3v) is 6.40. The lowest BCUT2D eigenvalue weighted by Crippen LogP contribution is -2.52. The molecule has 1 heterocycles. The highest BCUT2D eigenvalue weighted by Crippen LogP contribution is 2.32. The van der Waals surface area contributed by atoms with E-state index in [1.165, 1.54) is 23.5 Å². The van der Waals surface area contributed by atoms with Crippen molar-refractivity contribution in [2.45, 2.75) is 83.3 Å². The average Bonchev–Trinajstić information content (AvgIpc) is 3.29. The van der Waals surface area contributed by atoms with Crippen molar-refractivity contribution >= 4 is 34.2 Å². The molecule has 0 aliphatic heterocycles. The molecule has 0 spiro atoms. The number of hydrogen-bond donors (Lipinski definition) is 2. The van der Waals surface area contributed by atoms with Gasteiger partial charge < -0.3 is 15.5 Å². The first kappa shape index (κ1) is 25.8. The molecular formula is C25H33FN4O3S. The summed E-state index contributed by atoms with van der Waals surface area (Å²) in [5.41, 5.74) is 0.0406. The van der Waals surface area contributed by atoms with E-state index in [1.807, 2.05) is 20.8 Å². The van der Waals surface area contributed by atoms with Gasteiger partial charge in [-0.1, -0.05) is 31.4 Å². The standard InChI is InChI=1S/C25H33FN4O3S/c1-25(2,3)29-23(33)22(17-9-11-18(26)12-10-17)30(19-7-5-4-6-8-19)21(32)14-13-20(31)28-24-27-15-16-34-24/h9-12,15-16,19,22H,4-8,13-14H2,1-3H3,(H,29,33)(H,27,28,31)/t22-/m0/s1. The molecule has 34 heavy (non-hydrogen) atoms. The number of halogens is 1. The molecule has 1 saturated carbocycles. The number of aromatic nitrogens is 1. The van der Waals surface area contributed by atoms with Gasteiger partial charge in [-0.15, -0.1) is 11.3 Å². The zero-order chi connectivity index (χ0) is 24.7. The van der Waals surface area contributed by atoms with Crippen LogP contribution in [0.4, 0.5) is 9.52 Å². The number of carbonyl (C=O) groups is 3. The minimum absolute atomic E-state index is 0.0152. The minimum Gasteiger partial charge on any atom is -0.349 e. The predicted molar refractivity (Wildman–Crippen MR) is 131 cm³/mol. The number of thiazole rings is 1. The summed E-state index contributed by atoms with van der Waals surface area (Å²) in [6.07, 6.45) is 6.15. The molecule has 1 aliphatic rings. The summed E-state index contributed by atoms with van der Waals surface area (Å²) < 4.78 is 13.7. The van der Waals surface area contributed by atoms with Crippen molar-refractivity contribution in [1.29, 1.82) is 0 Å². The Balaban J connectivity index is 1.87. The zero-order valence-corrected chi connectivity index (χ0v) is 20.8. The fraction of sp³-hybridized carbons (Fsp3) is 0.520. The summed E-state index contributed by atoms with van der Waals surface area (Å²) in [7, 11) is 0. The van der Waals surface area contributed by atoms with E-state index in [0.29, 0.717) is 10.7 Å². The highest BCUT2D eigenvalue weighted by atomic mass is 32.1. The molecule has 0 unspecified atom stereocenters. The van der Waals surface area contributed by atoms with Crippen LogP contribution in [0.3, 0.4) is 0 Å². The van der Waals surface area contributed by atoms with Gasteiger partial charge in [-0.2, -0.15) is 0 Å². The van der Waals surface area contributed by atoms with Gasteiger partial charge in [0.1, 0.15) is 11.9 Å². The number of nitrogens with zero attached hydrogens (tertiary/aromatic N) is 2. The van der Waals surface area contributed by atoms with Gasteiger partial charge in [0.05, 0.1) is 0 Å². The summed E-state index contributed by atoms with van der Waals surface area (Å²) in [5.74, 6) is -1.29. The molecule has 2 aromatic rings. The molecule has 1 fully saturated rings. The SMILES string of the molecule is CC(C)(C)NC(=O)[C@H](c1ccc(F)cc1)N(C(=O)CCC(=O)Nc1nccs1)C1CCCCC1. The Labute approximate surface area is 204 Å². The molecule has 1 aliphatic carbocycles. The van der Waals surface area contributed by atoms with E-state index in [-0.39, 0.29) is 36.6 Å². The number of hydrogen-bond acceptors (Lipinski definition) is 5. The number of rotatable bonds is 8. The van der Waals surface area contributed by atoms with Crippen LogP contribution in [0.15, 0.2) is 35.8 Å². The van der Waals surface area contributed by atoms with E-state index in [1.54, 1.807) is 28.6 Å². The number of anilines is 1. The van der Waals surface area contributed by atoms with E-state index >= 15 is 0 Å². The second kappa shape index (κ2) is 11.6. The first-order chi connectivity index (χ1) is 16.1. The fourth-order valence-electron chi connectivity index (χ4n) is 4.26. The first-order valence-corrected chi connectivity index (χ1v) is 12.6. The summed E-state index contributed by atoms with van der Waals surface area (Å²) in [6.45, 7) is 5.63. The van der Waals surface area contributed by atoms with Crippen LogP contribution in [0.25, 0.3) is 0 Å². The molecule has 0 bridgehead atoms. The summed E-state index contributed by atoms with van der Waals surface area (Å²) in [5, 5.41) is 7.92. The topological polar surface area (TPSA) is 91.4 Å². The summed E-state index contributed by atoms with van der Waals surface area (Å²) in [6, 6.07) is 4.69. The average molecular weight is 489 g/mol. The Hall–Kier alpha value is -2.81. The van der Waals surface area contributed by atoms with Crippen LogP contribution in [-0.2, 0) is 14.4 Å². The van der Waals surface area contributed by atoms with Gasteiger partial charge in [0.25, 0.3) is 0 Å². The molecule has 2 N–H and O–H groups in total. The molecule has 3 rings (SSSR count). The third-order valence-electron chi connectivity index (χ3n) is 5.71. The number of amides is 3. The maximum absolute atomic E-state index is 13.7. The van der Waals surface area contributed by atoms with Gasteiger partial charge in [-0.25, -0.2) is 9.37 Å². The van der Waals surface area contributed by atoms with E-state index in [9.17, 15) is 18.8 Å². The maximum Gasteiger partial charge on any atom is 0.247 e. The lowest BCUT2D eigenvalue weighted by atomic mass is 9.90. The van der Waals surface area contributed by atoms with Crippen LogP contribution >= 0.6 is 11.3 Å². The van der Waals surface area contributed by atoms with Crippen LogP contribution in [0.2, 0.25) is 0 Å². The Morgan fingerprint density at radius 3 is 2.38 bits per heavy atom.